The fourth-order valence-electron chi connectivity index (χ4n) is 5.09. The summed E-state index contributed by atoms with van der Waals surface area (Å²) in [6, 6.07) is 33.4. The van der Waals surface area contributed by atoms with Crippen molar-refractivity contribution in [3.63, 3.8) is 0 Å². The lowest BCUT2D eigenvalue weighted by molar-refractivity contribution is -0.143. The van der Waals surface area contributed by atoms with Gasteiger partial charge in [-0.05, 0) is 51.2 Å². The summed E-state index contributed by atoms with van der Waals surface area (Å²) in [6.45, 7) is 1.75. The zero-order valence-electron chi connectivity index (χ0n) is 18.5. The van der Waals surface area contributed by atoms with Crippen LogP contribution in [0.2, 0.25) is 10.0 Å². The lowest BCUT2D eigenvalue weighted by atomic mass is 9.64. The molecule has 1 unspecified atom stereocenters. The van der Waals surface area contributed by atoms with Crippen molar-refractivity contribution in [1.29, 1.82) is 0 Å². The molecule has 0 saturated carbocycles. The summed E-state index contributed by atoms with van der Waals surface area (Å²) in [5, 5.41) is 15.6. The molecule has 0 heterocycles. The second-order valence-corrected chi connectivity index (χ2v) is 9.46. The molecule has 5 aromatic carbocycles. The van der Waals surface area contributed by atoms with Crippen molar-refractivity contribution in [2.75, 3.05) is 0 Å². The molecule has 0 aliphatic carbocycles. The summed E-state index contributed by atoms with van der Waals surface area (Å²) in [5.74, 6) is -1.51. The molecule has 168 valence electrons. The molecular formula is C30H22Cl2O2. The lowest BCUT2D eigenvalue weighted by Crippen LogP contribution is -2.40. The zero-order valence-corrected chi connectivity index (χ0v) is 20.0. The summed E-state index contributed by atoms with van der Waals surface area (Å²) in [4.78, 5) is 13.2. The number of fused-ring (bicyclic) bond motifs is 2. The molecule has 0 saturated heterocycles. The van der Waals surface area contributed by atoms with Crippen LogP contribution in [0.25, 0.3) is 21.5 Å². The van der Waals surface area contributed by atoms with E-state index in [1.54, 1.807) is 25.1 Å². The molecule has 2 nitrogen and oxygen atoms in total. The van der Waals surface area contributed by atoms with E-state index < -0.39 is 17.3 Å². The van der Waals surface area contributed by atoms with Crippen molar-refractivity contribution < 1.29 is 9.90 Å². The Hall–Kier alpha value is -3.33. The molecule has 34 heavy (non-hydrogen) atoms. The first-order valence-electron chi connectivity index (χ1n) is 11.1. The van der Waals surface area contributed by atoms with Gasteiger partial charge in [-0.1, -0.05) is 120 Å². The second kappa shape index (κ2) is 8.79. The van der Waals surface area contributed by atoms with Gasteiger partial charge in [0.2, 0.25) is 0 Å². The van der Waals surface area contributed by atoms with E-state index in [9.17, 15) is 9.90 Å². The number of aliphatic carboxylic acids is 1. The minimum Gasteiger partial charge on any atom is -0.481 e. The number of carboxylic acid groups (broad SMARTS) is 1. The van der Waals surface area contributed by atoms with Gasteiger partial charge in [0.15, 0.2) is 0 Å². The van der Waals surface area contributed by atoms with Crippen molar-refractivity contribution in [1.82, 2.24) is 0 Å². The van der Waals surface area contributed by atoms with E-state index in [4.69, 9.17) is 23.2 Å². The minimum atomic E-state index is -1.41. The van der Waals surface area contributed by atoms with E-state index >= 15 is 0 Å². The Morgan fingerprint density at radius 2 is 1.18 bits per heavy atom. The van der Waals surface area contributed by atoms with Crippen LogP contribution >= 0.6 is 23.2 Å². The molecule has 0 radical (unpaired) electrons. The number of carbonyl (C=O) groups is 1. The lowest BCUT2D eigenvalue weighted by Gasteiger charge is -2.37. The van der Waals surface area contributed by atoms with E-state index in [1.807, 2.05) is 84.9 Å². The van der Waals surface area contributed by atoms with Gasteiger partial charge in [0.05, 0.1) is 10.0 Å². The summed E-state index contributed by atoms with van der Waals surface area (Å²) in [5.41, 5.74) is 0.932. The molecule has 0 fully saturated rings. The molecule has 0 aliphatic heterocycles. The van der Waals surface area contributed by atoms with E-state index in [0.29, 0.717) is 10.6 Å². The molecule has 1 atom stereocenters. The minimum absolute atomic E-state index is 0.263. The van der Waals surface area contributed by atoms with Crippen LogP contribution in [0.15, 0.2) is 103 Å². The Morgan fingerprint density at radius 3 is 1.71 bits per heavy atom. The summed E-state index contributed by atoms with van der Waals surface area (Å²) < 4.78 is 0. The van der Waals surface area contributed by atoms with Gasteiger partial charge >= 0.3 is 5.97 Å². The smallest absolute Gasteiger partial charge is 0.314 e. The second-order valence-electron chi connectivity index (χ2n) is 8.68. The van der Waals surface area contributed by atoms with E-state index in [1.165, 1.54) is 0 Å². The first-order chi connectivity index (χ1) is 16.4. The van der Waals surface area contributed by atoms with Crippen molar-refractivity contribution in [3.8, 4) is 0 Å². The molecule has 0 bridgehead atoms. The van der Waals surface area contributed by atoms with Crippen molar-refractivity contribution in [2.24, 2.45) is 0 Å². The van der Waals surface area contributed by atoms with Crippen LogP contribution in [0.3, 0.4) is 0 Å². The maximum Gasteiger partial charge on any atom is 0.314 e. The third-order valence-electron chi connectivity index (χ3n) is 6.80. The van der Waals surface area contributed by atoms with Crippen LogP contribution in [0, 0.1) is 0 Å². The van der Waals surface area contributed by atoms with Crippen LogP contribution in [0.1, 0.15) is 29.5 Å². The molecule has 0 amide bonds. The van der Waals surface area contributed by atoms with Gasteiger partial charge in [-0.25, -0.2) is 0 Å². The van der Waals surface area contributed by atoms with E-state index in [2.05, 4.69) is 0 Å². The Kier molecular flexibility index (Phi) is 5.81. The van der Waals surface area contributed by atoms with Gasteiger partial charge in [-0.15, -0.1) is 0 Å². The van der Waals surface area contributed by atoms with Gasteiger partial charge < -0.3 is 5.11 Å². The zero-order chi connectivity index (χ0) is 23.9. The standard InChI is InChI=1S/C30H22Cl2O2/c1-30(29(33)34,25-17-8-18-26(31)28(25)32)27(23-15-6-11-19-9-2-4-13-21(19)23)24-16-7-12-20-10-3-5-14-22(20)24/h2-18,27H,1H3,(H,33,34). The van der Waals surface area contributed by atoms with Gasteiger partial charge in [0.25, 0.3) is 0 Å². The highest BCUT2D eigenvalue weighted by molar-refractivity contribution is 6.42. The van der Waals surface area contributed by atoms with Crippen LogP contribution in [0.4, 0.5) is 0 Å². The molecule has 5 aromatic rings. The molecular weight excluding hydrogens is 463 g/mol. The first-order valence-corrected chi connectivity index (χ1v) is 11.8. The van der Waals surface area contributed by atoms with Gasteiger partial charge in [-0.3, -0.25) is 4.79 Å². The number of hydrogen-bond donors (Lipinski definition) is 1. The fourth-order valence-corrected chi connectivity index (χ4v) is 5.59. The molecule has 1 N–H and O–H groups in total. The maximum absolute atomic E-state index is 13.2. The number of rotatable bonds is 5. The maximum atomic E-state index is 13.2. The summed E-state index contributed by atoms with van der Waals surface area (Å²) in [6.07, 6.45) is 0. The summed E-state index contributed by atoms with van der Waals surface area (Å²) >= 11 is 13.1. The number of halogens is 2. The molecule has 0 aromatic heterocycles. The Balaban J connectivity index is 1.93. The molecule has 0 spiro atoms. The van der Waals surface area contributed by atoms with Crippen LogP contribution in [0.5, 0.6) is 0 Å². The highest BCUT2D eigenvalue weighted by atomic mass is 35.5. The predicted octanol–water partition coefficient (Wildman–Crippen LogP) is 8.47. The normalized spacial score (nSPS) is 13.3. The highest BCUT2D eigenvalue weighted by Gasteiger charge is 2.47. The quantitative estimate of drug-likeness (QED) is 0.271. The van der Waals surface area contributed by atoms with Crippen molar-refractivity contribution in [2.45, 2.75) is 18.3 Å². The highest BCUT2D eigenvalue weighted by Crippen LogP contribution is 2.50. The van der Waals surface area contributed by atoms with Gasteiger partial charge in [0, 0.05) is 5.92 Å². The van der Waals surface area contributed by atoms with Crippen molar-refractivity contribution >= 4 is 50.7 Å². The van der Waals surface area contributed by atoms with Crippen LogP contribution in [-0.4, -0.2) is 11.1 Å². The summed E-state index contributed by atoms with van der Waals surface area (Å²) in [7, 11) is 0. The van der Waals surface area contributed by atoms with Gasteiger partial charge in [-0.2, -0.15) is 0 Å². The SMILES string of the molecule is CC(C(=O)O)(c1cccc(Cl)c1Cl)C(c1cccc2ccccc12)c1cccc2ccccc12. The number of hydrogen-bond acceptors (Lipinski definition) is 1. The Morgan fingerprint density at radius 1 is 0.706 bits per heavy atom. The van der Waals surface area contributed by atoms with Gasteiger partial charge in [0.1, 0.15) is 5.41 Å². The van der Waals surface area contributed by atoms with Crippen LogP contribution in [-0.2, 0) is 10.2 Å². The number of benzene rings is 5. The predicted molar refractivity (Wildman–Crippen MR) is 141 cm³/mol. The Labute approximate surface area is 208 Å². The Bertz CT molecular complexity index is 1450. The first kappa shape index (κ1) is 22.5. The third-order valence-corrected chi connectivity index (χ3v) is 7.62. The third kappa shape index (κ3) is 3.55. The average molecular weight is 485 g/mol. The molecule has 5 rings (SSSR count). The topological polar surface area (TPSA) is 37.3 Å². The van der Waals surface area contributed by atoms with E-state index in [0.717, 1.165) is 32.7 Å². The molecule has 4 heteroatoms. The largest absolute Gasteiger partial charge is 0.481 e. The van der Waals surface area contributed by atoms with Crippen LogP contribution < -0.4 is 0 Å². The van der Waals surface area contributed by atoms with Crippen molar-refractivity contribution in [3.05, 3.63) is 130 Å². The molecule has 0 aliphatic rings. The van der Waals surface area contributed by atoms with E-state index in [-0.39, 0.29) is 5.02 Å². The average Bonchev–Trinajstić information content (AvgIpc) is 2.86. The monoisotopic (exact) mass is 484 g/mol. The fraction of sp³-hybridized carbons (Fsp3) is 0.100. The number of carboxylic acids is 1.